The summed E-state index contributed by atoms with van der Waals surface area (Å²) < 4.78 is 38.1. The molecule has 3 N–H and O–H groups in total. The Hall–Kier alpha value is -3.69. The molecule has 7 nitrogen and oxygen atoms in total. The Morgan fingerprint density at radius 2 is 1.76 bits per heavy atom. The number of hydrogen-bond acceptors (Lipinski definition) is 4. The number of benzene rings is 2. The summed E-state index contributed by atoms with van der Waals surface area (Å²) in [6.45, 7) is 0. The van der Waals surface area contributed by atoms with Crippen molar-refractivity contribution >= 4 is 29.1 Å². The number of benzodiazepines with no additional fused rings is 1. The third kappa shape index (κ3) is 5.97. The summed E-state index contributed by atoms with van der Waals surface area (Å²) in [6.07, 6.45) is -8.37. The molecule has 2 aromatic carbocycles. The minimum absolute atomic E-state index is 0.441. The van der Waals surface area contributed by atoms with Crippen molar-refractivity contribution in [2.45, 2.75) is 31.6 Å². The zero-order valence-electron chi connectivity index (χ0n) is 17.8. The molecule has 1 aliphatic heterocycles. The van der Waals surface area contributed by atoms with Crippen molar-refractivity contribution in [1.29, 1.82) is 0 Å². The number of alkyl halides is 3. The summed E-state index contributed by atoms with van der Waals surface area (Å²) in [5, 5.41) is 2.42. The standard InChI is InChI=1S/C23H23F3N4O3/c1-30-17-10-6-5-9-16(17)19(14-7-3-2-4-8-14)28-20(22(30)33)29-21(32)15(13-18(27)31)11-12-23(24,25)26/h2-10,15,20H,11-13H2,1H3,(H2,27,31)(H,29,32). The highest BCUT2D eigenvalue weighted by atomic mass is 19.4. The van der Waals surface area contributed by atoms with E-state index in [1.807, 2.05) is 6.07 Å². The highest BCUT2D eigenvalue weighted by Gasteiger charge is 2.35. The number of para-hydroxylation sites is 1. The van der Waals surface area contributed by atoms with Gasteiger partial charge in [0.05, 0.1) is 11.4 Å². The van der Waals surface area contributed by atoms with Crippen LogP contribution >= 0.6 is 0 Å². The third-order valence-electron chi connectivity index (χ3n) is 5.26. The monoisotopic (exact) mass is 460 g/mol. The van der Waals surface area contributed by atoms with Gasteiger partial charge in [-0.15, -0.1) is 0 Å². The van der Waals surface area contributed by atoms with Gasteiger partial charge in [-0.3, -0.25) is 14.4 Å². The first-order valence-corrected chi connectivity index (χ1v) is 10.2. The maximum absolute atomic E-state index is 13.1. The van der Waals surface area contributed by atoms with E-state index in [1.165, 1.54) is 11.9 Å². The van der Waals surface area contributed by atoms with Crippen molar-refractivity contribution in [3.8, 4) is 0 Å². The fourth-order valence-corrected chi connectivity index (χ4v) is 3.60. The fraction of sp³-hybridized carbons (Fsp3) is 0.304. The van der Waals surface area contributed by atoms with Gasteiger partial charge in [-0.25, -0.2) is 4.99 Å². The summed E-state index contributed by atoms with van der Waals surface area (Å²) in [6, 6.07) is 16.1. The number of fused-ring (bicyclic) bond motifs is 1. The Bertz CT molecular complexity index is 1070. The average Bonchev–Trinajstić information content (AvgIpc) is 2.87. The van der Waals surface area contributed by atoms with E-state index in [4.69, 9.17) is 5.73 Å². The van der Waals surface area contributed by atoms with Crippen LogP contribution < -0.4 is 16.0 Å². The van der Waals surface area contributed by atoms with Crippen molar-refractivity contribution in [2.75, 3.05) is 11.9 Å². The Balaban J connectivity index is 1.96. The Morgan fingerprint density at radius 1 is 1.12 bits per heavy atom. The summed E-state index contributed by atoms with van der Waals surface area (Å²) in [5.41, 5.74) is 7.48. The molecule has 2 aromatic rings. The Labute approximate surface area is 188 Å². The first-order chi connectivity index (χ1) is 15.6. The largest absolute Gasteiger partial charge is 0.389 e. The second-order valence-electron chi connectivity index (χ2n) is 7.69. The number of likely N-dealkylation sites (N-methyl/N-ethyl adjacent to an activating group) is 1. The molecule has 2 unspecified atom stereocenters. The first-order valence-electron chi connectivity index (χ1n) is 10.2. The number of carbonyl (C=O) groups is 3. The molecule has 0 fully saturated rings. The zero-order valence-corrected chi connectivity index (χ0v) is 17.8. The van der Waals surface area contributed by atoms with E-state index in [-0.39, 0.29) is 0 Å². The molecule has 3 amide bonds. The van der Waals surface area contributed by atoms with Crippen LogP contribution in [0, 0.1) is 5.92 Å². The molecule has 33 heavy (non-hydrogen) atoms. The van der Waals surface area contributed by atoms with Gasteiger partial charge in [-0.05, 0) is 12.5 Å². The number of rotatable bonds is 7. The third-order valence-corrected chi connectivity index (χ3v) is 5.26. The van der Waals surface area contributed by atoms with E-state index in [0.29, 0.717) is 22.5 Å². The lowest BCUT2D eigenvalue weighted by Gasteiger charge is -2.23. The maximum atomic E-state index is 13.1. The number of nitrogens with two attached hydrogens (primary N) is 1. The second kappa shape index (κ2) is 9.85. The number of carbonyl (C=O) groups excluding carboxylic acids is 3. The molecule has 2 atom stereocenters. The van der Waals surface area contributed by atoms with E-state index >= 15 is 0 Å². The fourth-order valence-electron chi connectivity index (χ4n) is 3.60. The van der Waals surface area contributed by atoms with E-state index in [1.54, 1.807) is 48.5 Å². The van der Waals surface area contributed by atoms with Crippen LogP contribution in [0.5, 0.6) is 0 Å². The molecule has 1 heterocycles. The van der Waals surface area contributed by atoms with E-state index in [2.05, 4.69) is 10.3 Å². The molecule has 0 saturated carbocycles. The summed E-state index contributed by atoms with van der Waals surface area (Å²) in [7, 11) is 1.52. The van der Waals surface area contributed by atoms with Crippen LogP contribution in [0.3, 0.4) is 0 Å². The number of nitrogens with one attached hydrogen (secondary N) is 1. The van der Waals surface area contributed by atoms with Crippen LogP contribution in [0.4, 0.5) is 18.9 Å². The molecular weight excluding hydrogens is 437 g/mol. The molecule has 174 valence electrons. The molecule has 10 heteroatoms. The molecule has 3 rings (SSSR count). The maximum Gasteiger partial charge on any atom is 0.389 e. The Morgan fingerprint density at radius 3 is 2.39 bits per heavy atom. The van der Waals surface area contributed by atoms with Gasteiger partial charge in [0.15, 0.2) is 0 Å². The van der Waals surface area contributed by atoms with Crippen LogP contribution in [-0.4, -0.2) is 42.8 Å². The number of nitrogens with zero attached hydrogens (tertiary/aromatic N) is 2. The number of amides is 3. The van der Waals surface area contributed by atoms with Crippen LogP contribution in [0.25, 0.3) is 0 Å². The smallest absolute Gasteiger partial charge is 0.370 e. The van der Waals surface area contributed by atoms with Gasteiger partial charge in [0.25, 0.3) is 5.91 Å². The molecule has 0 aromatic heterocycles. The number of primary amides is 1. The van der Waals surface area contributed by atoms with Crippen LogP contribution in [0.1, 0.15) is 30.4 Å². The highest BCUT2D eigenvalue weighted by molar-refractivity contribution is 6.20. The normalized spacial score (nSPS) is 17.0. The summed E-state index contributed by atoms with van der Waals surface area (Å²) >= 11 is 0. The van der Waals surface area contributed by atoms with Crippen LogP contribution in [-0.2, 0) is 14.4 Å². The van der Waals surface area contributed by atoms with Crippen molar-refractivity contribution in [3.63, 3.8) is 0 Å². The van der Waals surface area contributed by atoms with Gasteiger partial charge < -0.3 is 16.0 Å². The van der Waals surface area contributed by atoms with Crippen molar-refractivity contribution < 1.29 is 27.6 Å². The number of aliphatic imine (C=N–C) groups is 1. The lowest BCUT2D eigenvalue weighted by molar-refractivity contribution is -0.143. The quantitative estimate of drug-likeness (QED) is 0.664. The topological polar surface area (TPSA) is 105 Å². The zero-order chi connectivity index (χ0) is 24.2. The van der Waals surface area contributed by atoms with Crippen molar-refractivity contribution in [1.82, 2.24) is 5.32 Å². The molecule has 0 bridgehead atoms. The van der Waals surface area contributed by atoms with Gasteiger partial charge in [-0.2, -0.15) is 13.2 Å². The van der Waals surface area contributed by atoms with Gasteiger partial charge in [0.1, 0.15) is 0 Å². The van der Waals surface area contributed by atoms with Gasteiger partial charge in [0.2, 0.25) is 18.0 Å². The summed E-state index contributed by atoms with van der Waals surface area (Å²) in [4.78, 5) is 43.1. The van der Waals surface area contributed by atoms with Gasteiger partial charge >= 0.3 is 6.18 Å². The van der Waals surface area contributed by atoms with Gasteiger partial charge in [0, 0.05) is 36.9 Å². The lowest BCUT2D eigenvalue weighted by Crippen LogP contribution is -2.48. The van der Waals surface area contributed by atoms with Crippen molar-refractivity contribution in [2.24, 2.45) is 16.6 Å². The molecule has 0 aliphatic carbocycles. The van der Waals surface area contributed by atoms with E-state index < -0.39 is 55.2 Å². The second-order valence-corrected chi connectivity index (χ2v) is 7.69. The van der Waals surface area contributed by atoms with E-state index in [9.17, 15) is 27.6 Å². The molecular formula is C23H23F3N4O3. The molecule has 0 radical (unpaired) electrons. The number of halogens is 3. The molecule has 0 saturated heterocycles. The first kappa shape index (κ1) is 24.0. The lowest BCUT2D eigenvalue weighted by atomic mass is 9.97. The number of hydrogen-bond donors (Lipinski definition) is 2. The summed E-state index contributed by atoms with van der Waals surface area (Å²) in [5.74, 6) is -3.73. The minimum atomic E-state index is -4.51. The Kier molecular flexibility index (Phi) is 7.15. The highest BCUT2D eigenvalue weighted by Crippen LogP contribution is 2.28. The predicted octanol–water partition coefficient (Wildman–Crippen LogP) is 2.78. The minimum Gasteiger partial charge on any atom is -0.370 e. The van der Waals surface area contributed by atoms with Gasteiger partial charge in [-0.1, -0.05) is 48.5 Å². The predicted molar refractivity (Wildman–Crippen MR) is 116 cm³/mol. The number of anilines is 1. The van der Waals surface area contributed by atoms with Crippen LogP contribution in [0.15, 0.2) is 59.6 Å². The van der Waals surface area contributed by atoms with Crippen molar-refractivity contribution in [3.05, 3.63) is 65.7 Å². The molecule has 0 spiro atoms. The van der Waals surface area contributed by atoms with Crippen LogP contribution in [0.2, 0.25) is 0 Å². The van der Waals surface area contributed by atoms with E-state index in [0.717, 1.165) is 0 Å². The molecule has 1 aliphatic rings. The average molecular weight is 460 g/mol. The SMILES string of the molecule is CN1C(=O)C(NC(=O)C(CCC(F)(F)F)CC(N)=O)N=C(c2ccccc2)c2ccccc21.